The molecule has 0 radical (unpaired) electrons. The molecule has 0 aromatic heterocycles. The number of hydrogen-bond donors (Lipinski definition) is 1. The first-order chi connectivity index (χ1) is 9.68. The quantitative estimate of drug-likeness (QED) is 0.849. The van der Waals surface area contributed by atoms with Crippen molar-refractivity contribution in [3.8, 4) is 0 Å². The summed E-state index contributed by atoms with van der Waals surface area (Å²) in [5, 5.41) is 0. The molecular formula is C17H19NO2. The third kappa shape index (κ3) is 3.68. The highest BCUT2D eigenvalue weighted by molar-refractivity contribution is 5.76. The number of carbonyl (C=O) groups is 1. The fourth-order valence-electron chi connectivity index (χ4n) is 1.99. The first-order valence-electron chi connectivity index (χ1n) is 6.69. The number of benzene rings is 2. The van der Waals surface area contributed by atoms with Gasteiger partial charge >= 0.3 is 5.97 Å². The molecule has 0 fully saturated rings. The fraction of sp³-hybridized carbons (Fsp3) is 0.235. The first-order valence-corrected chi connectivity index (χ1v) is 6.69. The van der Waals surface area contributed by atoms with Crippen molar-refractivity contribution in [2.24, 2.45) is 5.73 Å². The van der Waals surface area contributed by atoms with Crippen LogP contribution < -0.4 is 5.73 Å². The van der Waals surface area contributed by atoms with Gasteiger partial charge in [0, 0.05) is 5.92 Å². The molecule has 0 bridgehead atoms. The molecule has 3 nitrogen and oxygen atoms in total. The minimum atomic E-state index is -0.652. The SMILES string of the molecule is C[C@@H](c1ccccc1)[C@@H](N)C(=O)OCc1ccccc1. The Hall–Kier alpha value is -2.13. The summed E-state index contributed by atoms with van der Waals surface area (Å²) >= 11 is 0. The molecule has 0 spiro atoms. The first kappa shape index (κ1) is 14.3. The van der Waals surface area contributed by atoms with Crippen molar-refractivity contribution in [2.75, 3.05) is 0 Å². The predicted molar refractivity (Wildman–Crippen MR) is 79.1 cm³/mol. The van der Waals surface area contributed by atoms with Gasteiger partial charge in [0.25, 0.3) is 0 Å². The summed E-state index contributed by atoms with van der Waals surface area (Å²) < 4.78 is 5.27. The zero-order valence-electron chi connectivity index (χ0n) is 11.5. The lowest BCUT2D eigenvalue weighted by atomic mass is 9.94. The zero-order chi connectivity index (χ0) is 14.4. The van der Waals surface area contributed by atoms with E-state index in [4.69, 9.17) is 10.5 Å². The Labute approximate surface area is 119 Å². The van der Waals surface area contributed by atoms with Crippen LogP contribution in [0.1, 0.15) is 24.0 Å². The molecule has 0 unspecified atom stereocenters. The predicted octanol–water partition coefficient (Wildman–Crippen LogP) is 2.86. The van der Waals surface area contributed by atoms with Gasteiger partial charge in [-0.15, -0.1) is 0 Å². The second-order valence-electron chi connectivity index (χ2n) is 4.82. The lowest BCUT2D eigenvalue weighted by Crippen LogP contribution is -2.36. The summed E-state index contributed by atoms with van der Waals surface area (Å²) in [6.45, 7) is 2.19. The molecule has 0 aliphatic heterocycles. The van der Waals surface area contributed by atoms with Crippen LogP contribution in [-0.2, 0) is 16.1 Å². The highest BCUT2D eigenvalue weighted by atomic mass is 16.5. The minimum Gasteiger partial charge on any atom is -0.460 e. The molecule has 0 saturated carbocycles. The van der Waals surface area contributed by atoms with Gasteiger partial charge in [0.05, 0.1) is 0 Å². The van der Waals surface area contributed by atoms with Gasteiger partial charge in [0.15, 0.2) is 0 Å². The molecule has 20 heavy (non-hydrogen) atoms. The zero-order valence-corrected chi connectivity index (χ0v) is 11.5. The number of esters is 1. The van der Waals surface area contributed by atoms with Crippen LogP contribution in [0.25, 0.3) is 0 Å². The van der Waals surface area contributed by atoms with E-state index in [0.29, 0.717) is 0 Å². The van der Waals surface area contributed by atoms with Gasteiger partial charge < -0.3 is 10.5 Å². The summed E-state index contributed by atoms with van der Waals surface area (Å²) in [6.07, 6.45) is 0. The van der Waals surface area contributed by atoms with Gasteiger partial charge in [-0.25, -0.2) is 0 Å². The normalized spacial score (nSPS) is 13.5. The standard InChI is InChI=1S/C17H19NO2/c1-13(15-10-6-3-7-11-15)16(18)17(19)20-12-14-8-4-2-5-9-14/h2-11,13,16H,12,18H2,1H3/t13-,16+/m0/s1. The summed E-state index contributed by atoms with van der Waals surface area (Å²) in [4.78, 5) is 12.0. The monoisotopic (exact) mass is 269 g/mol. The molecule has 2 rings (SSSR count). The van der Waals surface area contributed by atoms with E-state index in [1.54, 1.807) is 0 Å². The Balaban J connectivity index is 1.92. The molecule has 3 heteroatoms. The molecule has 104 valence electrons. The third-order valence-electron chi connectivity index (χ3n) is 3.36. The van der Waals surface area contributed by atoms with Crippen molar-refractivity contribution in [2.45, 2.75) is 25.5 Å². The van der Waals surface area contributed by atoms with Crippen molar-refractivity contribution in [3.63, 3.8) is 0 Å². The highest BCUT2D eigenvalue weighted by Gasteiger charge is 2.23. The van der Waals surface area contributed by atoms with Crippen molar-refractivity contribution in [1.29, 1.82) is 0 Å². The van der Waals surface area contributed by atoms with E-state index in [9.17, 15) is 4.79 Å². The Morgan fingerprint density at radius 2 is 1.60 bits per heavy atom. The lowest BCUT2D eigenvalue weighted by molar-refractivity contribution is -0.147. The molecule has 2 aromatic carbocycles. The minimum absolute atomic E-state index is 0.0699. The maximum absolute atomic E-state index is 12.0. The second kappa shape index (κ2) is 6.87. The maximum atomic E-state index is 12.0. The van der Waals surface area contributed by atoms with E-state index < -0.39 is 6.04 Å². The van der Waals surface area contributed by atoms with Gasteiger partial charge in [-0.1, -0.05) is 67.6 Å². The van der Waals surface area contributed by atoms with Crippen LogP contribution in [0, 0.1) is 0 Å². The molecule has 2 aromatic rings. The largest absolute Gasteiger partial charge is 0.460 e. The number of rotatable bonds is 5. The van der Waals surface area contributed by atoms with Crippen molar-refractivity contribution in [3.05, 3.63) is 71.8 Å². The molecular weight excluding hydrogens is 250 g/mol. The second-order valence-corrected chi connectivity index (χ2v) is 4.82. The summed E-state index contributed by atoms with van der Waals surface area (Å²) in [5.41, 5.74) is 7.98. The fourth-order valence-corrected chi connectivity index (χ4v) is 1.99. The van der Waals surface area contributed by atoms with Crippen LogP contribution in [0.3, 0.4) is 0 Å². The Morgan fingerprint density at radius 3 is 2.20 bits per heavy atom. The Morgan fingerprint density at radius 1 is 1.05 bits per heavy atom. The number of carbonyl (C=O) groups excluding carboxylic acids is 1. The smallest absolute Gasteiger partial charge is 0.323 e. The molecule has 0 aliphatic carbocycles. The van der Waals surface area contributed by atoms with E-state index in [1.807, 2.05) is 67.6 Å². The van der Waals surface area contributed by atoms with Crippen LogP contribution in [-0.4, -0.2) is 12.0 Å². The average Bonchev–Trinajstić information content (AvgIpc) is 2.53. The average molecular weight is 269 g/mol. The highest BCUT2D eigenvalue weighted by Crippen LogP contribution is 2.18. The van der Waals surface area contributed by atoms with Gasteiger partial charge in [0.2, 0.25) is 0 Å². The van der Waals surface area contributed by atoms with E-state index in [-0.39, 0.29) is 18.5 Å². The van der Waals surface area contributed by atoms with Crippen LogP contribution in [0.15, 0.2) is 60.7 Å². The number of hydrogen-bond acceptors (Lipinski definition) is 3. The molecule has 0 heterocycles. The molecule has 0 aliphatic rings. The van der Waals surface area contributed by atoms with E-state index in [0.717, 1.165) is 11.1 Å². The van der Waals surface area contributed by atoms with Crippen molar-refractivity contribution in [1.82, 2.24) is 0 Å². The van der Waals surface area contributed by atoms with Crippen molar-refractivity contribution < 1.29 is 9.53 Å². The maximum Gasteiger partial charge on any atom is 0.323 e. The number of ether oxygens (including phenoxy) is 1. The third-order valence-corrected chi connectivity index (χ3v) is 3.36. The number of nitrogens with two attached hydrogens (primary N) is 1. The van der Waals surface area contributed by atoms with Crippen LogP contribution >= 0.6 is 0 Å². The van der Waals surface area contributed by atoms with Gasteiger partial charge in [-0.05, 0) is 11.1 Å². The van der Waals surface area contributed by atoms with Crippen LogP contribution in [0.2, 0.25) is 0 Å². The summed E-state index contributed by atoms with van der Waals surface area (Å²) in [5.74, 6) is -0.440. The van der Waals surface area contributed by atoms with Gasteiger partial charge in [0.1, 0.15) is 12.6 Å². The van der Waals surface area contributed by atoms with Crippen molar-refractivity contribution >= 4 is 5.97 Å². The lowest BCUT2D eigenvalue weighted by Gasteiger charge is -2.19. The molecule has 2 N–H and O–H groups in total. The van der Waals surface area contributed by atoms with E-state index >= 15 is 0 Å². The van der Waals surface area contributed by atoms with E-state index in [2.05, 4.69) is 0 Å². The summed E-state index contributed by atoms with van der Waals surface area (Å²) in [6, 6.07) is 18.7. The summed E-state index contributed by atoms with van der Waals surface area (Å²) in [7, 11) is 0. The van der Waals surface area contributed by atoms with Gasteiger partial charge in [-0.2, -0.15) is 0 Å². The molecule has 2 atom stereocenters. The van der Waals surface area contributed by atoms with Crippen LogP contribution in [0.5, 0.6) is 0 Å². The Kier molecular flexibility index (Phi) is 4.91. The van der Waals surface area contributed by atoms with E-state index in [1.165, 1.54) is 0 Å². The topological polar surface area (TPSA) is 52.3 Å². The molecule has 0 amide bonds. The van der Waals surface area contributed by atoms with Gasteiger partial charge in [-0.3, -0.25) is 4.79 Å². The molecule has 0 saturated heterocycles. The Bertz CT molecular complexity index is 539. The van der Waals surface area contributed by atoms with Crippen LogP contribution in [0.4, 0.5) is 0 Å².